The van der Waals surface area contributed by atoms with E-state index in [9.17, 15) is 9.18 Å². The molecule has 0 aliphatic carbocycles. The third-order valence-corrected chi connectivity index (χ3v) is 6.47. The predicted octanol–water partition coefficient (Wildman–Crippen LogP) is 3.27. The summed E-state index contributed by atoms with van der Waals surface area (Å²) in [5, 5.41) is 0. The molecule has 2 fully saturated rings. The van der Waals surface area contributed by atoms with E-state index in [1.54, 1.807) is 29.3 Å². The van der Waals surface area contributed by atoms with E-state index in [4.69, 9.17) is 10.5 Å². The van der Waals surface area contributed by atoms with Crippen LogP contribution in [0.15, 0.2) is 42.6 Å². The number of benzene rings is 1. The summed E-state index contributed by atoms with van der Waals surface area (Å²) in [6.07, 6.45) is 3.60. The zero-order chi connectivity index (χ0) is 22.0. The quantitative estimate of drug-likeness (QED) is 0.795. The zero-order valence-corrected chi connectivity index (χ0v) is 18.3. The number of amides is 1. The number of nitrogens with zero attached hydrogens (tertiary/aromatic N) is 3. The van der Waals surface area contributed by atoms with Crippen molar-refractivity contribution in [2.75, 3.05) is 36.8 Å². The lowest BCUT2D eigenvalue weighted by Crippen LogP contribution is -2.63. The number of hydrogen-bond donors (Lipinski definition) is 1. The Morgan fingerprint density at radius 1 is 1.23 bits per heavy atom. The van der Waals surface area contributed by atoms with Gasteiger partial charge in [-0.15, -0.1) is 0 Å². The van der Waals surface area contributed by atoms with Crippen LogP contribution in [0, 0.1) is 11.7 Å². The number of nitrogen functional groups attached to an aromatic ring is 1. The Morgan fingerprint density at radius 3 is 2.65 bits per heavy atom. The second-order valence-corrected chi connectivity index (χ2v) is 8.98. The van der Waals surface area contributed by atoms with Crippen LogP contribution in [0.1, 0.15) is 32.3 Å². The molecule has 3 heterocycles. The number of halogens is 1. The minimum Gasteiger partial charge on any atom is -0.383 e. The van der Waals surface area contributed by atoms with Gasteiger partial charge in [0.2, 0.25) is 0 Å². The van der Waals surface area contributed by atoms with Crippen molar-refractivity contribution >= 4 is 17.4 Å². The number of anilines is 2. The van der Waals surface area contributed by atoms with E-state index in [1.807, 2.05) is 26.0 Å². The second kappa shape index (κ2) is 8.93. The fourth-order valence-electron chi connectivity index (χ4n) is 4.57. The Kier molecular flexibility index (Phi) is 6.25. The third-order valence-electron chi connectivity index (χ3n) is 6.47. The number of ether oxygens (including phenoxy) is 1. The van der Waals surface area contributed by atoms with Gasteiger partial charge in [0.15, 0.2) is 0 Å². The number of piperidine rings is 1. The third kappa shape index (κ3) is 4.57. The number of carbonyl (C=O) groups is 1. The molecule has 2 aromatic rings. The van der Waals surface area contributed by atoms with Crippen LogP contribution in [0.2, 0.25) is 0 Å². The zero-order valence-electron chi connectivity index (χ0n) is 18.3. The van der Waals surface area contributed by atoms with Crippen LogP contribution in [-0.2, 0) is 16.0 Å². The monoisotopic (exact) mass is 426 g/mol. The smallest absolute Gasteiger partial charge is 0.256 e. The van der Waals surface area contributed by atoms with Crippen molar-refractivity contribution in [3.05, 3.63) is 54.0 Å². The van der Waals surface area contributed by atoms with Gasteiger partial charge < -0.3 is 20.3 Å². The molecular weight excluding hydrogens is 395 g/mol. The Bertz CT molecular complexity index is 927. The molecule has 1 aromatic heterocycles. The fourth-order valence-corrected chi connectivity index (χ4v) is 4.57. The normalized spacial score (nSPS) is 21.7. The minimum atomic E-state index is -0.560. The summed E-state index contributed by atoms with van der Waals surface area (Å²) in [6.45, 7) is 6.98. The molecule has 1 atom stereocenters. The van der Waals surface area contributed by atoms with E-state index < -0.39 is 11.7 Å². The van der Waals surface area contributed by atoms with Gasteiger partial charge in [-0.1, -0.05) is 32.0 Å². The fraction of sp³-hybridized carbons (Fsp3) is 0.500. The number of rotatable bonds is 5. The van der Waals surface area contributed by atoms with Gasteiger partial charge in [-0.25, -0.2) is 9.37 Å². The van der Waals surface area contributed by atoms with Crippen LogP contribution in [0.5, 0.6) is 0 Å². The van der Waals surface area contributed by atoms with Crippen LogP contribution >= 0.6 is 0 Å². The molecule has 0 radical (unpaired) electrons. The maximum atomic E-state index is 14.5. The van der Waals surface area contributed by atoms with Gasteiger partial charge in [-0.3, -0.25) is 4.79 Å². The van der Waals surface area contributed by atoms with Gasteiger partial charge in [0.25, 0.3) is 5.91 Å². The van der Waals surface area contributed by atoms with E-state index >= 15 is 0 Å². The molecule has 2 N–H and O–H groups in total. The number of para-hydroxylation sites is 1. The lowest BCUT2D eigenvalue weighted by molar-refractivity contribution is -0.171. The lowest BCUT2D eigenvalue weighted by Gasteiger charge is -2.50. The number of nitrogens with two attached hydrogens (primary N) is 1. The average molecular weight is 427 g/mol. The highest BCUT2D eigenvalue weighted by atomic mass is 19.1. The minimum absolute atomic E-state index is 0.0190. The molecule has 0 saturated carbocycles. The SMILES string of the molecule is CC(C)C1OC2(CCN(CCc3cccnc3N)CC2)CN(c2ccccc2F)C1=O. The molecule has 2 aliphatic rings. The van der Waals surface area contributed by atoms with E-state index in [1.165, 1.54) is 6.07 Å². The lowest BCUT2D eigenvalue weighted by atomic mass is 9.86. The first-order chi connectivity index (χ1) is 14.9. The molecule has 6 nitrogen and oxygen atoms in total. The molecule has 2 saturated heterocycles. The van der Waals surface area contributed by atoms with E-state index in [0.29, 0.717) is 18.1 Å². The summed E-state index contributed by atoms with van der Waals surface area (Å²) >= 11 is 0. The number of carbonyl (C=O) groups excluding carboxylic acids is 1. The number of pyridine rings is 1. The van der Waals surface area contributed by atoms with Gasteiger partial charge in [0, 0.05) is 25.8 Å². The number of hydrogen-bond acceptors (Lipinski definition) is 5. The molecule has 1 spiro atoms. The average Bonchev–Trinajstić information content (AvgIpc) is 2.76. The van der Waals surface area contributed by atoms with Crippen LogP contribution in [-0.4, -0.2) is 53.7 Å². The summed E-state index contributed by atoms with van der Waals surface area (Å²) in [4.78, 5) is 21.3. The topological polar surface area (TPSA) is 71.7 Å². The highest BCUT2D eigenvalue weighted by Gasteiger charge is 2.48. The first-order valence-electron chi connectivity index (χ1n) is 11.0. The molecule has 1 amide bonds. The Hall–Kier alpha value is -2.51. The number of likely N-dealkylation sites (tertiary alicyclic amines) is 1. The molecule has 2 aliphatic heterocycles. The second-order valence-electron chi connectivity index (χ2n) is 8.98. The largest absolute Gasteiger partial charge is 0.383 e. The standard InChI is InChI=1S/C24H31FN4O2/c1-17(2)21-23(30)29(20-8-4-3-7-19(20)25)16-24(31-21)10-14-28(15-11-24)13-9-18-6-5-12-27-22(18)26/h3-8,12,17,21H,9-11,13-16H2,1-2H3,(H2,26,27). The van der Waals surface area contributed by atoms with Crippen LogP contribution < -0.4 is 10.6 Å². The van der Waals surface area contributed by atoms with Crippen molar-refractivity contribution in [2.45, 2.75) is 44.8 Å². The summed E-state index contributed by atoms with van der Waals surface area (Å²) < 4.78 is 21.0. The Balaban J connectivity index is 1.46. The van der Waals surface area contributed by atoms with Crippen molar-refractivity contribution in [1.29, 1.82) is 0 Å². The first kappa shape index (κ1) is 21.7. The number of morpholine rings is 1. The molecule has 1 unspecified atom stereocenters. The van der Waals surface area contributed by atoms with Gasteiger partial charge in [-0.2, -0.15) is 0 Å². The maximum absolute atomic E-state index is 14.5. The molecule has 0 bridgehead atoms. The molecule has 31 heavy (non-hydrogen) atoms. The highest BCUT2D eigenvalue weighted by molar-refractivity contribution is 5.97. The van der Waals surface area contributed by atoms with Crippen molar-refractivity contribution in [2.24, 2.45) is 5.92 Å². The van der Waals surface area contributed by atoms with Gasteiger partial charge in [0.1, 0.15) is 17.7 Å². The Morgan fingerprint density at radius 2 is 1.97 bits per heavy atom. The maximum Gasteiger partial charge on any atom is 0.256 e. The molecule has 166 valence electrons. The summed E-state index contributed by atoms with van der Waals surface area (Å²) in [5.41, 5.74) is 6.93. The van der Waals surface area contributed by atoms with Crippen LogP contribution in [0.25, 0.3) is 0 Å². The summed E-state index contributed by atoms with van der Waals surface area (Å²) in [7, 11) is 0. The summed E-state index contributed by atoms with van der Waals surface area (Å²) in [6, 6.07) is 10.4. The van der Waals surface area contributed by atoms with E-state index in [2.05, 4.69) is 9.88 Å². The molecule has 1 aromatic carbocycles. The van der Waals surface area contributed by atoms with Gasteiger partial charge in [0.05, 0.1) is 17.8 Å². The first-order valence-corrected chi connectivity index (χ1v) is 11.0. The van der Waals surface area contributed by atoms with Crippen molar-refractivity contribution in [3.8, 4) is 0 Å². The van der Waals surface area contributed by atoms with Crippen LogP contribution in [0.4, 0.5) is 15.9 Å². The van der Waals surface area contributed by atoms with Gasteiger partial charge >= 0.3 is 0 Å². The molecule has 4 rings (SSSR count). The van der Waals surface area contributed by atoms with E-state index in [0.717, 1.165) is 44.5 Å². The summed E-state index contributed by atoms with van der Waals surface area (Å²) in [5.74, 6) is 0.0815. The van der Waals surface area contributed by atoms with Crippen molar-refractivity contribution in [1.82, 2.24) is 9.88 Å². The van der Waals surface area contributed by atoms with Crippen LogP contribution in [0.3, 0.4) is 0 Å². The highest BCUT2D eigenvalue weighted by Crippen LogP contribution is 2.37. The van der Waals surface area contributed by atoms with E-state index in [-0.39, 0.29) is 17.6 Å². The Labute approximate surface area is 183 Å². The van der Waals surface area contributed by atoms with Gasteiger partial charge in [-0.05, 0) is 48.9 Å². The predicted molar refractivity (Wildman–Crippen MR) is 119 cm³/mol. The van der Waals surface area contributed by atoms with Crippen molar-refractivity contribution in [3.63, 3.8) is 0 Å². The number of aromatic nitrogens is 1. The van der Waals surface area contributed by atoms with Crippen molar-refractivity contribution < 1.29 is 13.9 Å². The molecule has 7 heteroatoms. The molecular formula is C24H31FN4O2.